The molecule has 0 saturated carbocycles. The number of aromatic nitrogens is 2. The second-order valence-electron chi connectivity index (χ2n) is 5.93. The summed E-state index contributed by atoms with van der Waals surface area (Å²) >= 11 is 0. The monoisotopic (exact) mass is 362 g/mol. The fraction of sp³-hybridized carbons (Fsp3) is 0.182. The molecule has 0 spiro atoms. The van der Waals surface area contributed by atoms with Gasteiger partial charge in [-0.3, -0.25) is 4.68 Å². The Labute approximate surface area is 158 Å². The van der Waals surface area contributed by atoms with E-state index in [-0.39, 0.29) is 5.97 Å². The molecule has 1 heterocycles. The molecule has 27 heavy (non-hydrogen) atoms. The van der Waals surface area contributed by atoms with Gasteiger partial charge in [-0.15, -0.1) is 5.10 Å². The minimum atomic E-state index is -0.387. The predicted octanol–water partition coefficient (Wildman–Crippen LogP) is 4.09. The van der Waals surface area contributed by atoms with Crippen LogP contribution in [-0.2, 0) is 22.7 Å². The second-order valence-corrected chi connectivity index (χ2v) is 5.93. The van der Waals surface area contributed by atoms with Crippen molar-refractivity contribution in [2.24, 2.45) is 0 Å². The highest BCUT2D eigenvalue weighted by atomic mass is 16.5. The summed E-state index contributed by atoms with van der Waals surface area (Å²) in [4.78, 5) is 11.6. The van der Waals surface area contributed by atoms with Crippen molar-refractivity contribution in [2.75, 3.05) is 6.61 Å². The summed E-state index contributed by atoms with van der Waals surface area (Å²) in [5.41, 5.74) is 2.92. The Bertz CT molecular complexity index is 886. The van der Waals surface area contributed by atoms with E-state index in [1.807, 2.05) is 66.9 Å². The van der Waals surface area contributed by atoms with Crippen LogP contribution in [0.5, 0.6) is 5.88 Å². The molecule has 0 unspecified atom stereocenters. The summed E-state index contributed by atoms with van der Waals surface area (Å²) in [6, 6.07) is 19.9. The van der Waals surface area contributed by atoms with Gasteiger partial charge in [0.25, 0.3) is 0 Å². The molecule has 5 nitrogen and oxygen atoms in total. The first kappa shape index (κ1) is 18.5. The largest absolute Gasteiger partial charge is 0.471 e. The van der Waals surface area contributed by atoms with Gasteiger partial charge in [-0.05, 0) is 24.1 Å². The van der Waals surface area contributed by atoms with Crippen molar-refractivity contribution < 1.29 is 14.3 Å². The number of carbonyl (C=O) groups is 1. The number of benzene rings is 2. The van der Waals surface area contributed by atoms with E-state index in [1.54, 1.807) is 17.7 Å². The lowest BCUT2D eigenvalue weighted by Gasteiger charge is -2.04. The van der Waals surface area contributed by atoms with Crippen LogP contribution in [0.4, 0.5) is 0 Å². The zero-order chi connectivity index (χ0) is 18.9. The number of hydrogen-bond donors (Lipinski definition) is 0. The van der Waals surface area contributed by atoms with Gasteiger partial charge in [-0.1, -0.05) is 60.7 Å². The van der Waals surface area contributed by atoms with E-state index in [0.29, 0.717) is 25.6 Å². The highest BCUT2D eigenvalue weighted by Crippen LogP contribution is 2.20. The van der Waals surface area contributed by atoms with Gasteiger partial charge in [0.2, 0.25) is 5.88 Å². The van der Waals surface area contributed by atoms with E-state index in [2.05, 4.69) is 5.10 Å². The number of ether oxygens (including phenoxy) is 2. The smallest absolute Gasteiger partial charge is 0.330 e. The van der Waals surface area contributed by atoms with Gasteiger partial charge >= 0.3 is 5.97 Å². The molecule has 138 valence electrons. The maximum absolute atomic E-state index is 11.6. The Balaban J connectivity index is 1.78. The molecule has 0 bridgehead atoms. The summed E-state index contributed by atoms with van der Waals surface area (Å²) in [6.45, 7) is 3.14. The Morgan fingerprint density at radius 3 is 2.37 bits per heavy atom. The average Bonchev–Trinajstić information content (AvgIpc) is 3.08. The normalized spacial score (nSPS) is 10.9. The molecule has 0 atom stereocenters. The zero-order valence-electron chi connectivity index (χ0n) is 15.2. The van der Waals surface area contributed by atoms with Crippen LogP contribution >= 0.6 is 0 Å². The van der Waals surface area contributed by atoms with E-state index in [9.17, 15) is 4.79 Å². The van der Waals surface area contributed by atoms with Crippen LogP contribution in [0.25, 0.3) is 6.08 Å². The number of esters is 1. The molecule has 5 heteroatoms. The molecule has 0 fully saturated rings. The van der Waals surface area contributed by atoms with E-state index >= 15 is 0 Å². The zero-order valence-corrected chi connectivity index (χ0v) is 15.2. The van der Waals surface area contributed by atoms with Crippen LogP contribution in [0.1, 0.15) is 23.6 Å². The number of rotatable bonds is 8. The molecule has 1 aromatic heterocycles. The van der Waals surface area contributed by atoms with E-state index < -0.39 is 0 Å². The molecule has 0 N–H and O–H groups in total. The molecule has 0 radical (unpaired) electrons. The average molecular weight is 362 g/mol. The quantitative estimate of drug-likeness (QED) is 0.447. The first-order valence-electron chi connectivity index (χ1n) is 8.87. The van der Waals surface area contributed by atoms with Gasteiger partial charge in [-0.25, -0.2) is 4.79 Å². The number of carbonyl (C=O) groups excluding carboxylic acids is 1. The minimum absolute atomic E-state index is 0.341. The molecule has 0 aliphatic carbocycles. The van der Waals surface area contributed by atoms with E-state index in [1.165, 1.54) is 6.08 Å². The van der Waals surface area contributed by atoms with Gasteiger partial charge in [-0.2, -0.15) is 0 Å². The third-order valence-electron chi connectivity index (χ3n) is 3.85. The van der Waals surface area contributed by atoms with Crippen LogP contribution in [-0.4, -0.2) is 22.4 Å². The van der Waals surface area contributed by atoms with Crippen LogP contribution < -0.4 is 4.74 Å². The summed E-state index contributed by atoms with van der Waals surface area (Å²) in [5.74, 6) is 0.0950. The van der Waals surface area contributed by atoms with Crippen LogP contribution in [0.2, 0.25) is 0 Å². The van der Waals surface area contributed by atoms with Crippen molar-refractivity contribution in [3.05, 3.63) is 89.6 Å². The van der Waals surface area contributed by atoms with Crippen molar-refractivity contribution in [3.63, 3.8) is 0 Å². The molecule has 0 saturated heterocycles. The summed E-state index contributed by atoms with van der Waals surface area (Å²) in [6.07, 6.45) is 4.93. The Morgan fingerprint density at radius 2 is 1.70 bits per heavy atom. The third kappa shape index (κ3) is 5.57. The highest BCUT2D eigenvalue weighted by Gasteiger charge is 2.10. The van der Waals surface area contributed by atoms with Crippen molar-refractivity contribution in [1.82, 2.24) is 9.78 Å². The molecule has 3 rings (SSSR count). The lowest BCUT2D eigenvalue weighted by atomic mass is 10.2. The van der Waals surface area contributed by atoms with Gasteiger partial charge in [0.05, 0.1) is 18.7 Å². The maximum Gasteiger partial charge on any atom is 0.330 e. The van der Waals surface area contributed by atoms with Crippen molar-refractivity contribution in [3.8, 4) is 5.88 Å². The summed E-state index contributed by atoms with van der Waals surface area (Å²) in [7, 11) is 0. The van der Waals surface area contributed by atoms with Crippen molar-refractivity contribution in [1.29, 1.82) is 0 Å². The van der Waals surface area contributed by atoms with Crippen LogP contribution in [0.15, 0.2) is 72.9 Å². The van der Waals surface area contributed by atoms with Crippen LogP contribution in [0.3, 0.4) is 0 Å². The lowest BCUT2D eigenvalue weighted by Crippen LogP contribution is -2.01. The highest BCUT2D eigenvalue weighted by molar-refractivity contribution is 5.87. The van der Waals surface area contributed by atoms with E-state index in [4.69, 9.17) is 9.47 Å². The second kappa shape index (κ2) is 9.38. The molecule has 3 aromatic rings. The Morgan fingerprint density at radius 1 is 1.04 bits per heavy atom. The Hall–Kier alpha value is -3.34. The summed E-state index contributed by atoms with van der Waals surface area (Å²) < 4.78 is 12.6. The minimum Gasteiger partial charge on any atom is -0.471 e. The number of nitrogens with zero attached hydrogens (tertiary/aromatic N) is 2. The third-order valence-corrected chi connectivity index (χ3v) is 3.85. The standard InChI is InChI=1S/C22H22N2O3/c1-2-26-21(25)14-13-20-16-24(15-18-9-5-3-6-10-18)23-22(20)27-17-19-11-7-4-8-12-19/h3-14,16H,2,15,17H2,1H3. The fourth-order valence-electron chi connectivity index (χ4n) is 2.57. The molecule has 0 aliphatic heterocycles. The SMILES string of the molecule is CCOC(=O)C=Cc1cn(Cc2ccccc2)nc1OCc1ccccc1. The van der Waals surface area contributed by atoms with Gasteiger partial charge in [0.15, 0.2) is 0 Å². The van der Waals surface area contributed by atoms with E-state index in [0.717, 1.165) is 16.7 Å². The molecule has 2 aromatic carbocycles. The van der Waals surface area contributed by atoms with Crippen LogP contribution in [0, 0.1) is 0 Å². The topological polar surface area (TPSA) is 53.4 Å². The predicted molar refractivity (Wildman–Crippen MR) is 104 cm³/mol. The molecule has 0 aliphatic rings. The van der Waals surface area contributed by atoms with Gasteiger partial charge in [0, 0.05) is 12.3 Å². The van der Waals surface area contributed by atoms with Gasteiger partial charge < -0.3 is 9.47 Å². The fourth-order valence-corrected chi connectivity index (χ4v) is 2.57. The first-order valence-corrected chi connectivity index (χ1v) is 8.87. The van der Waals surface area contributed by atoms with Gasteiger partial charge in [0.1, 0.15) is 6.61 Å². The Kier molecular flexibility index (Phi) is 6.41. The summed E-state index contributed by atoms with van der Waals surface area (Å²) in [5, 5.41) is 4.54. The first-order chi connectivity index (χ1) is 13.2. The molecular weight excluding hydrogens is 340 g/mol. The molecular formula is C22H22N2O3. The molecule has 0 amide bonds. The van der Waals surface area contributed by atoms with Crippen molar-refractivity contribution in [2.45, 2.75) is 20.1 Å². The number of hydrogen-bond acceptors (Lipinski definition) is 4. The van der Waals surface area contributed by atoms with Crippen molar-refractivity contribution >= 4 is 12.0 Å². The lowest BCUT2D eigenvalue weighted by molar-refractivity contribution is -0.137. The maximum atomic E-state index is 11.6.